The molecule has 0 radical (unpaired) electrons. The summed E-state index contributed by atoms with van der Waals surface area (Å²) in [5.74, 6) is 1.18. The molecule has 1 atom stereocenters. The van der Waals surface area contributed by atoms with Crippen molar-refractivity contribution in [3.05, 3.63) is 70.8 Å². The predicted octanol–water partition coefficient (Wildman–Crippen LogP) is 3.71. The summed E-state index contributed by atoms with van der Waals surface area (Å²) in [6.45, 7) is 1.21. The highest BCUT2D eigenvalue weighted by Crippen LogP contribution is 2.31. The molecule has 0 saturated heterocycles. The molecule has 1 aliphatic rings. The van der Waals surface area contributed by atoms with Gasteiger partial charge in [0.2, 0.25) is 6.10 Å². The number of benzene rings is 1. The van der Waals surface area contributed by atoms with Crippen LogP contribution in [0, 0.1) is 0 Å². The molecule has 0 saturated carbocycles. The Balaban J connectivity index is 1.53. The Kier molecular flexibility index (Phi) is 4.43. The fourth-order valence-corrected chi connectivity index (χ4v) is 3.47. The number of carbonyl (C=O) groups excluding carboxylic acids is 1. The lowest BCUT2D eigenvalue weighted by Crippen LogP contribution is -2.45. The van der Waals surface area contributed by atoms with Gasteiger partial charge >= 0.3 is 0 Å². The van der Waals surface area contributed by atoms with Crippen LogP contribution in [0.4, 0.5) is 0 Å². The van der Waals surface area contributed by atoms with E-state index in [0.29, 0.717) is 24.6 Å². The minimum atomic E-state index is -0.651. The molecule has 2 aromatic heterocycles. The van der Waals surface area contributed by atoms with E-state index in [1.807, 2.05) is 47.8 Å². The van der Waals surface area contributed by atoms with Gasteiger partial charge in [-0.15, -0.1) is 11.3 Å². The maximum absolute atomic E-state index is 13.1. The molecule has 0 N–H and O–H groups in total. The van der Waals surface area contributed by atoms with Crippen LogP contribution in [0.15, 0.2) is 64.8 Å². The molecular formula is C19H17NO4S. The molecule has 3 heterocycles. The van der Waals surface area contributed by atoms with Gasteiger partial charge in [0.15, 0.2) is 11.5 Å². The number of thiophene rings is 1. The van der Waals surface area contributed by atoms with E-state index in [1.165, 1.54) is 0 Å². The third-order valence-electron chi connectivity index (χ3n) is 3.98. The van der Waals surface area contributed by atoms with Gasteiger partial charge in [-0.25, -0.2) is 0 Å². The van der Waals surface area contributed by atoms with Crippen LogP contribution in [0.2, 0.25) is 0 Å². The number of amides is 1. The quantitative estimate of drug-likeness (QED) is 0.700. The second-order valence-electron chi connectivity index (χ2n) is 5.77. The molecule has 5 nitrogen and oxygen atoms in total. The molecule has 1 unspecified atom stereocenters. The molecule has 128 valence electrons. The van der Waals surface area contributed by atoms with E-state index in [2.05, 4.69) is 0 Å². The third-order valence-corrected chi connectivity index (χ3v) is 4.84. The zero-order chi connectivity index (χ0) is 17.1. The lowest BCUT2D eigenvalue weighted by molar-refractivity contribution is -0.142. The van der Waals surface area contributed by atoms with E-state index in [4.69, 9.17) is 13.9 Å². The van der Waals surface area contributed by atoms with Gasteiger partial charge in [0.25, 0.3) is 5.91 Å². The monoisotopic (exact) mass is 355 g/mol. The van der Waals surface area contributed by atoms with Gasteiger partial charge < -0.3 is 18.8 Å². The number of fused-ring (bicyclic) bond motifs is 1. The Labute approximate surface area is 149 Å². The molecule has 0 fully saturated rings. The molecule has 1 amide bonds. The van der Waals surface area contributed by atoms with Crippen LogP contribution in [0.5, 0.6) is 11.5 Å². The molecule has 25 heavy (non-hydrogen) atoms. The van der Waals surface area contributed by atoms with Gasteiger partial charge in [-0.2, -0.15) is 0 Å². The van der Waals surface area contributed by atoms with Crippen molar-refractivity contribution in [2.75, 3.05) is 6.61 Å². The predicted molar refractivity (Wildman–Crippen MR) is 93.6 cm³/mol. The van der Waals surface area contributed by atoms with E-state index in [-0.39, 0.29) is 12.5 Å². The summed E-state index contributed by atoms with van der Waals surface area (Å²) in [5.41, 5.74) is 0.946. The summed E-state index contributed by atoms with van der Waals surface area (Å²) >= 11 is 1.63. The lowest BCUT2D eigenvalue weighted by atomic mass is 10.2. The Morgan fingerprint density at radius 1 is 1.12 bits per heavy atom. The standard InChI is InChI=1S/C19H17NO4S/c21-19(18-13-23-16-5-1-2-6-17(16)24-18)20(10-14-7-8-22-12-14)11-15-4-3-9-25-15/h1-9,12,18H,10-11,13H2. The highest BCUT2D eigenvalue weighted by molar-refractivity contribution is 7.09. The fraction of sp³-hybridized carbons (Fsp3) is 0.211. The number of furan rings is 1. The van der Waals surface area contributed by atoms with Crippen LogP contribution >= 0.6 is 11.3 Å². The number of rotatable bonds is 5. The van der Waals surface area contributed by atoms with Gasteiger partial charge in [-0.05, 0) is 29.6 Å². The van der Waals surface area contributed by atoms with E-state index in [0.717, 1.165) is 10.4 Å². The molecule has 6 heteroatoms. The number of hydrogen-bond acceptors (Lipinski definition) is 5. The highest BCUT2D eigenvalue weighted by Gasteiger charge is 2.31. The van der Waals surface area contributed by atoms with Crippen molar-refractivity contribution in [1.82, 2.24) is 4.90 Å². The summed E-state index contributed by atoms with van der Waals surface area (Å²) in [6.07, 6.45) is 2.61. The largest absolute Gasteiger partial charge is 0.485 e. The lowest BCUT2D eigenvalue weighted by Gasteiger charge is -2.30. The average molecular weight is 355 g/mol. The van der Waals surface area contributed by atoms with Crippen molar-refractivity contribution in [2.24, 2.45) is 0 Å². The van der Waals surface area contributed by atoms with Crippen molar-refractivity contribution < 1.29 is 18.7 Å². The van der Waals surface area contributed by atoms with Crippen LogP contribution in [-0.4, -0.2) is 23.5 Å². The number of hydrogen-bond donors (Lipinski definition) is 0. The maximum Gasteiger partial charge on any atom is 0.267 e. The maximum atomic E-state index is 13.1. The van der Waals surface area contributed by atoms with Crippen LogP contribution in [0.3, 0.4) is 0 Å². The van der Waals surface area contributed by atoms with Gasteiger partial charge in [0, 0.05) is 17.0 Å². The Bertz CT molecular complexity index is 793. The molecule has 4 rings (SSSR count). The second kappa shape index (κ2) is 7.03. The Morgan fingerprint density at radius 2 is 2.00 bits per heavy atom. The number of ether oxygens (including phenoxy) is 2. The first-order chi connectivity index (χ1) is 12.3. The first kappa shape index (κ1) is 15.8. The van der Waals surface area contributed by atoms with Crippen molar-refractivity contribution in [2.45, 2.75) is 19.2 Å². The molecule has 0 spiro atoms. The van der Waals surface area contributed by atoms with Gasteiger partial charge in [-0.1, -0.05) is 18.2 Å². The summed E-state index contributed by atoms with van der Waals surface area (Å²) in [6, 6.07) is 13.3. The van der Waals surface area contributed by atoms with Crippen molar-refractivity contribution >= 4 is 17.2 Å². The summed E-state index contributed by atoms with van der Waals surface area (Å²) in [5, 5.41) is 2.01. The normalized spacial score (nSPS) is 15.8. The van der Waals surface area contributed by atoms with Crippen LogP contribution in [-0.2, 0) is 17.9 Å². The fourth-order valence-electron chi connectivity index (χ4n) is 2.75. The van der Waals surface area contributed by atoms with Gasteiger partial charge in [0.05, 0.1) is 19.1 Å². The SMILES string of the molecule is O=C(C1COc2ccccc2O1)N(Cc1ccoc1)Cc1cccs1. The van der Waals surface area contributed by atoms with E-state index >= 15 is 0 Å². The molecule has 0 aliphatic carbocycles. The number of carbonyl (C=O) groups is 1. The van der Waals surface area contributed by atoms with Crippen LogP contribution in [0.1, 0.15) is 10.4 Å². The minimum absolute atomic E-state index is 0.0934. The smallest absolute Gasteiger partial charge is 0.267 e. The first-order valence-electron chi connectivity index (χ1n) is 8.00. The Morgan fingerprint density at radius 3 is 2.76 bits per heavy atom. The molecule has 1 aliphatic heterocycles. The molecule has 1 aromatic carbocycles. The topological polar surface area (TPSA) is 51.9 Å². The molecule has 3 aromatic rings. The second-order valence-corrected chi connectivity index (χ2v) is 6.80. The van der Waals surface area contributed by atoms with Crippen LogP contribution in [0.25, 0.3) is 0 Å². The summed E-state index contributed by atoms with van der Waals surface area (Å²) in [7, 11) is 0. The van der Waals surface area contributed by atoms with E-state index in [1.54, 1.807) is 28.8 Å². The zero-order valence-electron chi connectivity index (χ0n) is 13.5. The Hall–Kier alpha value is -2.73. The number of nitrogens with zero attached hydrogens (tertiary/aromatic N) is 1. The van der Waals surface area contributed by atoms with E-state index < -0.39 is 6.10 Å². The van der Waals surface area contributed by atoms with Crippen LogP contribution < -0.4 is 9.47 Å². The summed E-state index contributed by atoms with van der Waals surface area (Å²) in [4.78, 5) is 16.0. The number of para-hydroxylation sites is 2. The van der Waals surface area contributed by atoms with Crippen molar-refractivity contribution in [1.29, 1.82) is 0 Å². The summed E-state index contributed by atoms with van der Waals surface area (Å²) < 4.78 is 16.7. The minimum Gasteiger partial charge on any atom is -0.485 e. The van der Waals surface area contributed by atoms with Crippen molar-refractivity contribution in [3.8, 4) is 11.5 Å². The average Bonchev–Trinajstić information content (AvgIpc) is 3.34. The van der Waals surface area contributed by atoms with Gasteiger partial charge in [0.1, 0.15) is 6.61 Å². The first-order valence-corrected chi connectivity index (χ1v) is 8.88. The van der Waals surface area contributed by atoms with Crippen molar-refractivity contribution in [3.63, 3.8) is 0 Å². The zero-order valence-corrected chi connectivity index (χ0v) is 14.3. The third kappa shape index (κ3) is 3.53. The van der Waals surface area contributed by atoms with Gasteiger partial charge in [-0.3, -0.25) is 4.79 Å². The molecular weight excluding hydrogens is 338 g/mol. The molecule has 0 bridgehead atoms. The highest BCUT2D eigenvalue weighted by atomic mass is 32.1. The van der Waals surface area contributed by atoms with E-state index in [9.17, 15) is 4.79 Å².